The molecule has 0 aliphatic heterocycles. The summed E-state index contributed by atoms with van der Waals surface area (Å²) >= 11 is 7.56. The third-order valence-corrected chi connectivity index (χ3v) is 8.50. The molecule has 0 N–H and O–H groups in total. The third kappa shape index (κ3) is 5.27. The van der Waals surface area contributed by atoms with Crippen molar-refractivity contribution in [2.24, 2.45) is 0 Å². The standard InChI is InChI=1S/C34H34Br2/c1-3-5-7-23-9-13-25(14-10-23)33-29-19-17-28(36)22-32(29)34(30-20-18-27(35)21-31(30)33)26-15-11-24(12-16-26)8-6-4-2/h9-11,13-15,17-22H,3-8,12,16H2,1-2H3. The Morgan fingerprint density at radius 3 is 1.83 bits per heavy atom. The molecule has 2 heteroatoms. The van der Waals surface area contributed by atoms with E-state index in [2.05, 4.69) is 119 Å². The second kappa shape index (κ2) is 11.5. The summed E-state index contributed by atoms with van der Waals surface area (Å²) in [4.78, 5) is 0. The monoisotopic (exact) mass is 600 g/mol. The zero-order valence-corrected chi connectivity index (χ0v) is 24.5. The normalized spacial score (nSPS) is 13.8. The van der Waals surface area contributed by atoms with Crippen molar-refractivity contribution in [1.29, 1.82) is 0 Å². The largest absolute Gasteiger partial charge is 0.0699 e. The van der Waals surface area contributed by atoms with Gasteiger partial charge in [-0.15, -0.1) is 0 Å². The molecule has 0 fully saturated rings. The summed E-state index contributed by atoms with van der Waals surface area (Å²) in [6.45, 7) is 4.53. The zero-order valence-electron chi connectivity index (χ0n) is 21.3. The molecule has 4 aromatic carbocycles. The van der Waals surface area contributed by atoms with Gasteiger partial charge in [-0.3, -0.25) is 0 Å². The summed E-state index contributed by atoms with van der Waals surface area (Å²) in [5.41, 5.74) is 8.48. The number of hydrogen-bond donors (Lipinski definition) is 0. The lowest BCUT2D eigenvalue weighted by Crippen LogP contribution is -1.98. The van der Waals surface area contributed by atoms with Gasteiger partial charge in [-0.05, 0) is 112 Å². The average Bonchev–Trinajstić information content (AvgIpc) is 2.90. The van der Waals surface area contributed by atoms with E-state index in [1.807, 2.05) is 0 Å². The van der Waals surface area contributed by atoms with E-state index < -0.39 is 0 Å². The molecule has 0 saturated heterocycles. The molecule has 5 rings (SSSR count). The molecule has 1 aliphatic carbocycles. The van der Waals surface area contributed by atoms with E-state index in [1.165, 1.54) is 87.9 Å². The third-order valence-electron chi connectivity index (χ3n) is 7.51. The van der Waals surface area contributed by atoms with E-state index in [4.69, 9.17) is 0 Å². The van der Waals surface area contributed by atoms with Gasteiger partial charge >= 0.3 is 0 Å². The van der Waals surface area contributed by atoms with E-state index in [0.29, 0.717) is 0 Å². The van der Waals surface area contributed by atoms with Crippen LogP contribution in [-0.2, 0) is 6.42 Å². The van der Waals surface area contributed by atoms with Gasteiger partial charge in [-0.1, -0.05) is 113 Å². The number of unbranched alkanes of at least 4 members (excludes halogenated alkanes) is 2. The van der Waals surface area contributed by atoms with E-state index in [0.717, 1.165) is 21.8 Å². The average molecular weight is 602 g/mol. The van der Waals surface area contributed by atoms with Gasteiger partial charge in [0.2, 0.25) is 0 Å². The smallest absolute Gasteiger partial charge is 0.0181 e. The van der Waals surface area contributed by atoms with Crippen molar-refractivity contribution >= 4 is 59.0 Å². The van der Waals surface area contributed by atoms with E-state index in [9.17, 15) is 0 Å². The van der Waals surface area contributed by atoms with Crippen molar-refractivity contribution in [2.75, 3.05) is 0 Å². The molecular weight excluding hydrogens is 568 g/mol. The summed E-state index contributed by atoms with van der Waals surface area (Å²) in [5, 5.41) is 5.31. The first-order valence-electron chi connectivity index (χ1n) is 13.4. The van der Waals surface area contributed by atoms with E-state index >= 15 is 0 Å². The molecule has 0 bridgehead atoms. The van der Waals surface area contributed by atoms with Crippen LogP contribution in [0.2, 0.25) is 0 Å². The maximum absolute atomic E-state index is 3.78. The Hall–Kier alpha value is -2.16. The van der Waals surface area contributed by atoms with Crippen molar-refractivity contribution in [3.05, 3.63) is 98.5 Å². The molecule has 184 valence electrons. The molecule has 4 aromatic rings. The summed E-state index contributed by atoms with van der Waals surface area (Å²) in [5.74, 6) is 0. The minimum absolute atomic E-state index is 1.10. The molecule has 36 heavy (non-hydrogen) atoms. The number of fused-ring (bicyclic) bond motifs is 2. The lowest BCUT2D eigenvalue weighted by Gasteiger charge is -2.22. The topological polar surface area (TPSA) is 0 Å². The minimum Gasteiger partial charge on any atom is -0.0699 e. The molecule has 0 unspecified atom stereocenters. The van der Waals surface area contributed by atoms with Gasteiger partial charge < -0.3 is 0 Å². The van der Waals surface area contributed by atoms with Gasteiger partial charge in [0.25, 0.3) is 0 Å². The minimum atomic E-state index is 1.10. The van der Waals surface area contributed by atoms with Gasteiger partial charge in [0, 0.05) is 8.95 Å². The Kier molecular flexibility index (Phi) is 8.13. The quantitative estimate of drug-likeness (QED) is 0.176. The molecule has 0 heterocycles. The predicted molar refractivity (Wildman–Crippen MR) is 166 cm³/mol. The van der Waals surface area contributed by atoms with Crippen molar-refractivity contribution in [2.45, 2.75) is 65.2 Å². The molecule has 0 aromatic heterocycles. The van der Waals surface area contributed by atoms with Crippen LogP contribution < -0.4 is 0 Å². The number of benzene rings is 4. The number of hydrogen-bond acceptors (Lipinski definition) is 0. The molecule has 0 amide bonds. The predicted octanol–water partition coefficient (Wildman–Crippen LogP) is 11.8. The second-order valence-electron chi connectivity index (χ2n) is 10.1. The first-order valence-corrected chi connectivity index (χ1v) is 15.0. The van der Waals surface area contributed by atoms with Gasteiger partial charge in [0.1, 0.15) is 0 Å². The Balaban J connectivity index is 1.74. The summed E-state index contributed by atoms with van der Waals surface area (Å²) in [6.07, 6.45) is 14.5. The van der Waals surface area contributed by atoms with Crippen LogP contribution in [-0.4, -0.2) is 0 Å². The fourth-order valence-electron chi connectivity index (χ4n) is 5.55. The highest BCUT2D eigenvalue weighted by Gasteiger charge is 2.20. The molecule has 0 saturated carbocycles. The van der Waals surface area contributed by atoms with Crippen molar-refractivity contribution < 1.29 is 0 Å². The number of allylic oxidation sites excluding steroid dienone is 4. The molecule has 0 atom stereocenters. The van der Waals surface area contributed by atoms with Crippen LogP contribution in [0, 0.1) is 0 Å². The van der Waals surface area contributed by atoms with Crippen LogP contribution in [0.1, 0.15) is 69.9 Å². The van der Waals surface area contributed by atoms with Crippen molar-refractivity contribution in [3.8, 4) is 11.1 Å². The zero-order chi connectivity index (χ0) is 25.1. The first-order chi connectivity index (χ1) is 17.6. The lowest BCUT2D eigenvalue weighted by atomic mass is 9.82. The summed E-state index contributed by atoms with van der Waals surface area (Å²) < 4.78 is 2.25. The van der Waals surface area contributed by atoms with Gasteiger partial charge in [-0.2, -0.15) is 0 Å². The highest BCUT2D eigenvalue weighted by molar-refractivity contribution is 9.10. The van der Waals surface area contributed by atoms with Crippen LogP contribution in [0.25, 0.3) is 38.2 Å². The molecule has 0 spiro atoms. The highest BCUT2D eigenvalue weighted by Crippen LogP contribution is 2.45. The molecule has 1 aliphatic rings. The highest BCUT2D eigenvalue weighted by atomic mass is 79.9. The number of rotatable bonds is 8. The molecule has 0 radical (unpaired) electrons. The van der Waals surface area contributed by atoms with E-state index in [-0.39, 0.29) is 0 Å². The van der Waals surface area contributed by atoms with Crippen LogP contribution in [0.5, 0.6) is 0 Å². The van der Waals surface area contributed by atoms with Crippen LogP contribution in [0.4, 0.5) is 0 Å². The fraction of sp³-hybridized carbons (Fsp3) is 0.294. The summed E-state index contributed by atoms with van der Waals surface area (Å²) in [6, 6.07) is 22.9. The Morgan fingerprint density at radius 2 is 1.22 bits per heavy atom. The van der Waals surface area contributed by atoms with Crippen LogP contribution in [0.3, 0.4) is 0 Å². The summed E-state index contributed by atoms with van der Waals surface area (Å²) in [7, 11) is 0. The van der Waals surface area contributed by atoms with Gasteiger partial charge in [-0.25, -0.2) is 0 Å². The number of halogens is 2. The van der Waals surface area contributed by atoms with Crippen molar-refractivity contribution in [1.82, 2.24) is 0 Å². The second-order valence-corrected chi connectivity index (χ2v) is 11.9. The van der Waals surface area contributed by atoms with Gasteiger partial charge in [0.05, 0.1) is 0 Å². The SMILES string of the molecule is CCCCC1=CC=C(c2c3cc(Br)ccc3c(-c3ccc(CCCC)cc3)c3cc(Br)ccc23)CC1. The molecular formula is C34H34Br2. The molecule has 0 nitrogen and oxygen atoms in total. The maximum atomic E-state index is 3.78. The number of aryl methyl sites for hydroxylation is 1. The van der Waals surface area contributed by atoms with Crippen LogP contribution in [0.15, 0.2) is 87.3 Å². The first kappa shape index (κ1) is 25.5. The Bertz CT molecular complexity index is 1450. The van der Waals surface area contributed by atoms with Gasteiger partial charge in [0.15, 0.2) is 0 Å². The van der Waals surface area contributed by atoms with Crippen molar-refractivity contribution in [3.63, 3.8) is 0 Å². The van der Waals surface area contributed by atoms with E-state index in [1.54, 1.807) is 5.57 Å². The lowest BCUT2D eigenvalue weighted by molar-refractivity contribution is 0.753. The van der Waals surface area contributed by atoms with Crippen LogP contribution >= 0.6 is 31.9 Å². The fourth-order valence-corrected chi connectivity index (χ4v) is 6.27. The Labute approximate surface area is 232 Å². The maximum Gasteiger partial charge on any atom is 0.0181 e. The Morgan fingerprint density at radius 1 is 0.611 bits per heavy atom.